The molecule has 2 nitrogen and oxygen atoms in total. The van der Waals surface area contributed by atoms with Crippen molar-refractivity contribution in [1.29, 1.82) is 0 Å². The minimum atomic E-state index is 1.19. The zero-order valence-electron chi connectivity index (χ0n) is 22.8. The fourth-order valence-electron chi connectivity index (χ4n) is 7.55. The summed E-state index contributed by atoms with van der Waals surface area (Å²) in [5.74, 6) is 0. The van der Waals surface area contributed by atoms with E-state index in [-0.39, 0.29) is 0 Å². The van der Waals surface area contributed by atoms with Crippen molar-refractivity contribution in [3.8, 4) is 22.5 Å². The largest absolute Gasteiger partial charge is 0.309 e. The second-order valence-corrected chi connectivity index (χ2v) is 11.3. The lowest BCUT2D eigenvalue weighted by atomic mass is 10.0. The van der Waals surface area contributed by atoms with Crippen molar-refractivity contribution in [2.45, 2.75) is 0 Å². The first kappa shape index (κ1) is 22.1. The summed E-state index contributed by atoms with van der Waals surface area (Å²) >= 11 is 0. The number of para-hydroxylation sites is 2. The molecule has 42 heavy (non-hydrogen) atoms. The van der Waals surface area contributed by atoms with Crippen LogP contribution in [-0.4, -0.2) is 9.13 Å². The van der Waals surface area contributed by atoms with Crippen LogP contribution in [-0.2, 0) is 0 Å². The van der Waals surface area contributed by atoms with E-state index in [1.54, 1.807) is 0 Å². The predicted octanol–water partition coefficient (Wildman–Crippen LogP) is 10.7. The minimum absolute atomic E-state index is 1.19. The number of aromatic nitrogens is 2. The fourth-order valence-corrected chi connectivity index (χ4v) is 7.55. The first-order chi connectivity index (χ1) is 20.9. The highest BCUT2D eigenvalue weighted by Gasteiger charge is 2.22. The Morgan fingerprint density at radius 1 is 0.262 bits per heavy atom. The molecule has 0 radical (unpaired) electrons. The lowest BCUT2D eigenvalue weighted by molar-refractivity contribution is 1.16. The summed E-state index contributed by atoms with van der Waals surface area (Å²) in [4.78, 5) is 0. The third-order valence-corrected chi connectivity index (χ3v) is 9.23. The van der Waals surface area contributed by atoms with Crippen LogP contribution in [0.1, 0.15) is 0 Å². The number of rotatable bonds is 3. The molecule has 2 heteroatoms. The van der Waals surface area contributed by atoms with E-state index in [0.29, 0.717) is 0 Å². The third-order valence-electron chi connectivity index (χ3n) is 9.23. The average molecular weight is 533 g/mol. The van der Waals surface area contributed by atoms with Gasteiger partial charge in [0.25, 0.3) is 0 Å². The van der Waals surface area contributed by atoms with Gasteiger partial charge in [0.2, 0.25) is 0 Å². The summed E-state index contributed by atoms with van der Waals surface area (Å²) in [6, 6.07) is 53.5. The molecule has 10 aromatic rings. The summed E-state index contributed by atoms with van der Waals surface area (Å²) in [6.45, 7) is 0. The molecule has 0 bridgehead atoms. The third kappa shape index (κ3) is 2.74. The average Bonchev–Trinajstić information content (AvgIpc) is 3.58. The maximum absolute atomic E-state index is 2.47. The van der Waals surface area contributed by atoms with E-state index in [1.807, 2.05) is 0 Å². The summed E-state index contributed by atoms with van der Waals surface area (Å²) in [7, 11) is 0. The van der Waals surface area contributed by atoms with E-state index in [1.165, 1.54) is 87.7 Å². The van der Waals surface area contributed by atoms with Crippen molar-refractivity contribution >= 4 is 65.2 Å². The van der Waals surface area contributed by atoms with Gasteiger partial charge in [-0.3, -0.25) is 0 Å². The SMILES string of the molecule is c1ccc(-n2c3cccc4ccc5cccc2c5c43)c(-c2ccccc2-n2c3cccc4ccc5cccc2c5c43)c1. The van der Waals surface area contributed by atoms with Crippen molar-refractivity contribution < 1.29 is 0 Å². The Morgan fingerprint density at radius 2 is 0.571 bits per heavy atom. The van der Waals surface area contributed by atoms with Crippen LogP contribution >= 0.6 is 0 Å². The molecule has 2 heterocycles. The molecule has 8 aromatic carbocycles. The summed E-state index contributed by atoms with van der Waals surface area (Å²) in [5.41, 5.74) is 9.78. The molecule has 0 saturated heterocycles. The van der Waals surface area contributed by atoms with Gasteiger partial charge in [-0.25, -0.2) is 0 Å². The molecule has 2 aromatic heterocycles. The van der Waals surface area contributed by atoms with Gasteiger partial charge in [0, 0.05) is 32.7 Å². The smallest absolute Gasteiger partial charge is 0.0547 e. The van der Waals surface area contributed by atoms with Crippen LogP contribution in [0.25, 0.3) is 87.7 Å². The van der Waals surface area contributed by atoms with Gasteiger partial charge in [0.1, 0.15) is 0 Å². The van der Waals surface area contributed by atoms with Crippen molar-refractivity contribution in [1.82, 2.24) is 9.13 Å². The molecule has 0 atom stereocenters. The normalized spacial score (nSPS) is 12.3. The summed E-state index contributed by atoms with van der Waals surface area (Å²) in [5, 5.41) is 10.5. The molecule has 194 valence electrons. The first-order valence-corrected chi connectivity index (χ1v) is 14.5. The van der Waals surface area contributed by atoms with Crippen LogP contribution in [0.5, 0.6) is 0 Å². The highest BCUT2D eigenvalue weighted by Crippen LogP contribution is 2.44. The van der Waals surface area contributed by atoms with E-state index >= 15 is 0 Å². The van der Waals surface area contributed by atoms with Crippen LogP contribution < -0.4 is 0 Å². The zero-order chi connectivity index (χ0) is 27.4. The van der Waals surface area contributed by atoms with Gasteiger partial charge in [-0.05, 0) is 57.9 Å². The fraction of sp³-hybridized carbons (Fsp3) is 0. The number of nitrogens with zero attached hydrogens (tertiary/aromatic N) is 2. The molecular weight excluding hydrogens is 508 g/mol. The Balaban J connectivity index is 1.32. The molecule has 0 aliphatic carbocycles. The van der Waals surface area contributed by atoms with Crippen LogP contribution in [0.2, 0.25) is 0 Å². The first-order valence-electron chi connectivity index (χ1n) is 14.5. The second-order valence-electron chi connectivity index (χ2n) is 11.3. The standard InChI is InChI=1S/C40H24N2/c1-3-15-31(41-33-17-5-9-25-21-22-26-10-6-18-34(41)38(26)37(25)33)29(13-1)30-14-2-4-16-32(30)42-35-19-7-11-27-23-24-28-12-8-20-36(42)40(28)39(27)35/h1-24H. The zero-order valence-corrected chi connectivity index (χ0v) is 22.8. The number of hydrogen-bond acceptors (Lipinski definition) is 0. The molecular formula is C40H24N2. The van der Waals surface area contributed by atoms with E-state index in [0.717, 1.165) is 0 Å². The minimum Gasteiger partial charge on any atom is -0.309 e. The highest BCUT2D eigenvalue weighted by atomic mass is 15.0. The van der Waals surface area contributed by atoms with E-state index in [4.69, 9.17) is 0 Å². The summed E-state index contributed by atoms with van der Waals surface area (Å²) in [6.07, 6.45) is 0. The lowest BCUT2D eigenvalue weighted by Crippen LogP contribution is -2.01. The van der Waals surface area contributed by atoms with E-state index in [9.17, 15) is 0 Å². The lowest BCUT2D eigenvalue weighted by Gasteiger charge is -2.18. The molecule has 10 rings (SSSR count). The molecule has 0 amide bonds. The molecule has 0 aliphatic heterocycles. The van der Waals surface area contributed by atoms with E-state index in [2.05, 4.69) is 155 Å². The van der Waals surface area contributed by atoms with Crippen LogP contribution in [0, 0.1) is 0 Å². The van der Waals surface area contributed by atoms with Crippen molar-refractivity contribution in [2.24, 2.45) is 0 Å². The quantitative estimate of drug-likeness (QED) is 0.200. The van der Waals surface area contributed by atoms with Gasteiger partial charge in [0.15, 0.2) is 0 Å². The van der Waals surface area contributed by atoms with Crippen LogP contribution in [0.4, 0.5) is 0 Å². The van der Waals surface area contributed by atoms with Crippen molar-refractivity contribution in [2.75, 3.05) is 0 Å². The number of hydrogen-bond donors (Lipinski definition) is 0. The Kier molecular flexibility index (Phi) is 4.21. The van der Waals surface area contributed by atoms with Gasteiger partial charge < -0.3 is 9.13 Å². The molecule has 0 N–H and O–H groups in total. The van der Waals surface area contributed by atoms with Crippen molar-refractivity contribution in [3.05, 3.63) is 146 Å². The van der Waals surface area contributed by atoms with Crippen LogP contribution in [0.15, 0.2) is 146 Å². The van der Waals surface area contributed by atoms with Crippen LogP contribution in [0.3, 0.4) is 0 Å². The van der Waals surface area contributed by atoms with Gasteiger partial charge in [-0.1, -0.05) is 109 Å². The maximum Gasteiger partial charge on any atom is 0.0547 e. The topological polar surface area (TPSA) is 9.86 Å². The van der Waals surface area contributed by atoms with Crippen molar-refractivity contribution in [3.63, 3.8) is 0 Å². The molecule has 0 saturated carbocycles. The van der Waals surface area contributed by atoms with E-state index < -0.39 is 0 Å². The van der Waals surface area contributed by atoms with Gasteiger partial charge in [-0.15, -0.1) is 0 Å². The van der Waals surface area contributed by atoms with Gasteiger partial charge >= 0.3 is 0 Å². The number of benzene rings is 8. The monoisotopic (exact) mass is 532 g/mol. The Morgan fingerprint density at radius 3 is 0.905 bits per heavy atom. The molecule has 0 unspecified atom stereocenters. The second kappa shape index (κ2) is 7.99. The molecule has 0 aliphatic rings. The Bertz CT molecular complexity index is 2310. The predicted molar refractivity (Wildman–Crippen MR) is 178 cm³/mol. The Hall–Kier alpha value is -5.60. The van der Waals surface area contributed by atoms with Gasteiger partial charge in [-0.2, -0.15) is 0 Å². The Labute approximate surface area is 241 Å². The molecule has 0 fully saturated rings. The molecule has 0 spiro atoms. The highest BCUT2D eigenvalue weighted by molar-refractivity contribution is 6.25. The van der Waals surface area contributed by atoms with Gasteiger partial charge in [0.05, 0.1) is 33.4 Å². The summed E-state index contributed by atoms with van der Waals surface area (Å²) < 4.78 is 4.94. The maximum atomic E-state index is 2.47.